The molecule has 1 heterocycles. The molecule has 6 nitrogen and oxygen atoms in total. The number of piperidine rings is 1. The molecular formula is C20H18Cl2N2O4. The summed E-state index contributed by atoms with van der Waals surface area (Å²) in [5.41, 5.74) is 1.32. The average molecular weight is 421 g/mol. The molecule has 0 aromatic heterocycles. The van der Waals surface area contributed by atoms with Crippen LogP contribution in [-0.2, 0) is 27.5 Å². The van der Waals surface area contributed by atoms with Crippen molar-refractivity contribution in [1.29, 1.82) is 0 Å². The molecule has 8 heteroatoms. The fourth-order valence-corrected chi connectivity index (χ4v) is 3.40. The average Bonchev–Trinajstić information content (AvgIpc) is 2.68. The van der Waals surface area contributed by atoms with Gasteiger partial charge in [-0.15, -0.1) is 0 Å². The summed E-state index contributed by atoms with van der Waals surface area (Å²) >= 11 is 12.3. The maximum absolute atomic E-state index is 12.7. The zero-order valence-electron chi connectivity index (χ0n) is 14.9. The van der Waals surface area contributed by atoms with Crippen LogP contribution in [0.2, 0.25) is 10.0 Å². The van der Waals surface area contributed by atoms with Crippen molar-refractivity contribution < 1.29 is 19.1 Å². The zero-order valence-corrected chi connectivity index (χ0v) is 16.4. The van der Waals surface area contributed by atoms with E-state index in [0.717, 1.165) is 10.5 Å². The van der Waals surface area contributed by atoms with E-state index in [4.69, 9.17) is 27.9 Å². The summed E-state index contributed by atoms with van der Waals surface area (Å²) in [7, 11) is 0. The number of carbonyl (C=O) groups is 3. The van der Waals surface area contributed by atoms with Gasteiger partial charge in [-0.25, -0.2) is 4.79 Å². The third-order valence-corrected chi connectivity index (χ3v) is 5.10. The molecule has 2 aromatic rings. The molecule has 3 rings (SSSR count). The summed E-state index contributed by atoms with van der Waals surface area (Å²) in [5.74, 6) is -0.847. The van der Waals surface area contributed by atoms with Gasteiger partial charge in [0.15, 0.2) is 0 Å². The monoisotopic (exact) mass is 420 g/mol. The maximum Gasteiger partial charge on any atom is 0.408 e. The van der Waals surface area contributed by atoms with E-state index in [2.05, 4.69) is 5.32 Å². The number of hydrogen-bond donors (Lipinski definition) is 1. The Morgan fingerprint density at radius 3 is 2.43 bits per heavy atom. The third-order valence-electron chi connectivity index (χ3n) is 4.39. The normalized spacial score (nSPS) is 16.8. The van der Waals surface area contributed by atoms with E-state index < -0.39 is 18.0 Å². The van der Waals surface area contributed by atoms with Crippen LogP contribution in [0.15, 0.2) is 48.5 Å². The van der Waals surface area contributed by atoms with E-state index in [-0.39, 0.29) is 31.9 Å². The van der Waals surface area contributed by atoms with E-state index >= 15 is 0 Å². The number of halogens is 2. The lowest BCUT2D eigenvalue weighted by molar-refractivity contribution is -0.150. The van der Waals surface area contributed by atoms with Crippen molar-refractivity contribution in [2.45, 2.75) is 32.0 Å². The molecule has 1 aliphatic rings. The van der Waals surface area contributed by atoms with Crippen LogP contribution in [0.3, 0.4) is 0 Å². The van der Waals surface area contributed by atoms with E-state index in [0.29, 0.717) is 15.6 Å². The van der Waals surface area contributed by atoms with Crippen LogP contribution < -0.4 is 5.32 Å². The minimum absolute atomic E-state index is 0.0482. The zero-order chi connectivity index (χ0) is 20.1. The van der Waals surface area contributed by atoms with Gasteiger partial charge >= 0.3 is 6.09 Å². The second kappa shape index (κ2) is 9.08. The second-order valence-electron chi connectivity index (χ2n) is 6.32. The smallest absolute Gasteiger partial charge is 0.408 e. The number of imide groups is 1. The molecular weight excluding hydrogens is 403 g/mol. The molecule has 1 saturated heterocycles. The first-order valence-corrected chi connectivity index (χ1v) is 9.45. The van der Waals surface area contributed by atoms with E-state index in [1.807, 2.05) is 30.3 Å². The first kappa shape index (κ1) is 20.2. The number of amides is 3. The molecule has 0 aliphatic carbocycles. The molecule has 1 N–H and O–H groups in total. The first-order valence-electron chi connectivity index (χ1n) is 8.70. The van der Waals surface area contributed by atoms with Crippen LogP contribution in [0.4, 0.5) is 4.79 Å². The van der Waals surface area contributed by atoms with Crippen molar-refractivity contribution in [3.05, 3.63) is 69.7 Å². The molecule has 0 saturated carbocycles. The highest BCUT2D eigenvalue weighted by Crippen LogP contribution is 2.27. The molecule has 2 aromatic carbocycles. The van der Waals surface area contributed by atoms with E-state index in [1.54, 1.807) is 18.2 Å². The highest BCUT2D eigenvalue weighted by atomic mass is 35.5. The van der Waals surface area contributed by atoms with Crippen LogP contribution in [0.25, 0.3) is 0 Å². The van der Waals surface area contributed by atoms with Gasteiger partial charge in [-0.1, -0.05) is 59.6 Å². The van der Waals surface area contributed by atoms with Gasteiger partial charge in [0.25, 0.3) is 5.91 Å². The van der Waals surface area contributed by atoms with Crippen LogP contribution in [0.5, 0.6) is 0 Å². The van der Waals surface area contributed by atoms with Gasteiger partial charge in [-0.2, -0.15) is 0 Å². The molecule has 0 unspecified atom stereocenters. The molecule has 146 valence electrons. The van der Waals surface area contributed by atoms with Crippen LogP contribution >= 0.6 is 23.2 Å². The first-order chi connectivity index (χ1) is 13.5. The fraction of sp³-hybridized carbons (Fsp3) is 0.250. The van der Waals surface area contributed by atoms with Gasteiger partial charge in [-0.3, -0.25) is 14.5 Å². The summed E-state index contributed by atoms with van der Waals surface area (Å²) in [6.07, 6.45) is -0.380. The topological polar surface area (TPSA) is 75.7 Å². The molecule has 0 radical (unpaired) electrons. The Morgan fingerprint density at radius 2 is 1.75 bits per heavy atom. The number of likely N-dealkylation sites (tertiary alicyclic amines) is 1. The molecule has 0 bridgehead atoms. The number of carbonyl (C=O) groups excluding carboxylic acids is 3. The Kier molecular flexibility index (Phi) is 6.54. The SMILES string of the molecule is O=C(N[C@H]1CCC(=O)N(Cc2c(Cl)cccc2Cl)C1=O)OCc1ccccc1. The van der Waals surface area contributed by atoms with Gasteiger partial charge < -0.3 is 10.1 Å². The van der Waals surface area contributed by atoms with Gasteiger partial charge in [0.2, 0.25) is 5.91 Å². The summed E-state index contributed by atoms with van der Waals surface area (Å²) in [6.45, 7) is 0.0406. The van der Waals surface area contributed by atoms with Gasteiger partial charge in [0, 0.05) is 22.0 Å². The van der Waals surface area contributed by atoms with Gasteiger partial charge in [0.05, 0.1) is 6.54 Å². The Bertz CT molecular complexity index is 869. The standard InChI is InChI=1S/C20H18Cl2N2O4/c21-15-7-4-8-16(22)14(15)11-24-18(25)10-9-17(19(24)26)23-20(27)28-12-13-5-2-1-3-6-13/h1-8,17H,9-12H2,(H,23,27)/t17-/m0/s1. The van der Waals surface area contributed by atoms with Crippen LogP contribution in [-0.4, -0.2) is 28.8 Å². The Labute approximate surface area is 172 Å². The Morgan fingerprint density at radius 1 is 1.07 bits per heavy atom. The summed E-state index contributed by atoms with van der Waals surface area (Å²) in [6, 6.07) is 13.3. The summed E-state index contributed by atoms with van der Waals surface area (Å²) in [5, 5.41) is 3.27. The van der Waals surface area contributed by atoms with Crippen molar-refractivity contribution in [3.8, 4) is 0 Å². The van der Waals surface area contributed by atoms with Crippen molar-refractivity contribution in [1.82, 2.24) is 10.2 Å². The summed E-state index contributed by atoms with van der Waals surface area (Å²) < 4.78 is 5.15. The van der Waals surface area contributed by atoms with Gasteiger partial charge in [-0.05, 0) is 24.1 Å². The molecule has 1 atom stereocenters. The lowest BCUT2D eigenvalue weighted by atomic mass is 10.0. The van der Waals surface area contributed by atoms with Gasteiger partial charge in [0.1, 0.15) is 12.6 Å². The minimum Gasteiger partial charge on any atom is -0.445 e. The summed E-state index contributed by atoms with van der Waals surface area (Å²) in [4.78, 5) is 38.1. The number of nitrogens with zero attached hydrogens (tertiary/aromatic N) is 1. The van der Waals surface area contributed by atoms with Crippen LogP contribution in [0, 0.1) is 0 Å². The van der Waals surface area contributed by atoms with Crippen molar-refractivity contribution in [2.75, 3.05) is 0 Å². The molecule has 0 spiro atoms. The second-order valence-corrected chi connectivity index (χ2v) is 7.13. The van der Waals surface area contributed by atoms with Crippen molar-refractivity contribution in [2.24, 2.45) is 0 Å². The van der Waals surface area contributed by atoms with E-state index in [9.17, 15) is 14.4 Å². The molecule has 1 fully saturated rings. The van der Waals surface area contributed by atoms with Crippen molar-refractivity contribution in [3.63, 3.8) is 0 Å². The highest BCUT2D eigenvalue weighted by Gasteiger charge is 2.36. The highest BCUT2D eigenvalue weighted by molar-refractivity contribution is 6.36. The number of hydrogen-bond acceptors (Lipinski definition) is 4. The minimum atomic E-state index is -0.845. The van der Waals surface area contributed by atoms with Crippen molar-refractivity contribution >= 4 is 41.1 Å². The van der Waals surface area contributed by atoms with E-state index in [1.165, 1.54) is 0 Å². The predicted molar refractivity (Wildman–Crippen MR) is 105 cm³/mol. The number of nitrogens with one attached hydrogen (secondary N) is 1. The number of benzene rings is 2. The predicted octanol–water partition coefficient (Wildman–Crippen LogP) is 3.94. The Balaban J connectivity index is 1.62. The maximum atomic E-state index is 12.7. The molecule has 3 amide bonds. The number of ether oxygens (including phenoxy) is 1. The molecule has 1 aliphatic heterocycles. The Hall–Kier alpha value is -2.57. The lowest BCUT2D eigenvalue weighted by Gasteiger charge is -2.31. The van der Waals surface area contributed by atoms with Crippen LogP contribution in [0.1, 0.15) is 24.0 Å². The quantitative estimate of drug-likeness (QED) is 0.743. The number of alkyl carbamates (subject to hydrolysis) is 1. The third kappa shape index (κ3) is 4.82. The molecule has 28 heavy (non-hydrogen) atoms. The largest absolute Gasteiger partial charge is 0.445 e. The lowest BCUT2D eigenvalue weighted by Crippen LogP contribution is -2.54. The number of rotatable bonds is 5. The fourth-order valence-electron chi connectivity index (χ4n) is 2.89.